The Morgan fingerprint density at radius 3 is 2.31 bits per heavy atom. The lowest BCUT2D eigenvalue weighted by Crippen LogP contribution is -2.43. The van der Waals surface area contributed by atoms with Crippen LogP contribution in [0.4, 0.5) is 20.2 Å². The SMILES string of the molecule is CC1C(C(=O)N(C=O)c2cc(Cl)cc(Cl)c2)C2CC(F)(F)CN2C1(P=O)c1cc(Cl)cc(Cl)c1N. The van der Waals surface area contributed by atoms with Gasteiger partial charge < -0.3 is 5.73 Å². The average Bonchev–Trinajstić information content (AvgIpc) is 3.18. The Balaban J connectivity index is 1.88. The maximum atomic E-state index is 14.7. The number of benzene rings is 2. The van der Waals surface area contributed by atoms with Crippen LogP contribution in [0.3, 0.4) is 0 Å². The number of imide groups is 1. The van der Waals surface area contributed by atoms with Gasteiger partial charge >= 0.3 is 0 Å². The number of carbonyl (C=O) groups excluding carboxylic acids is 2. The van der Waals surface area contributed by atoms with Gasteiger partial charge in [0.05, 0.1) is 28.9 Å². The maximum absolute atomic E-state index is 14.7. The van der Waals surface area contributed by atoms with Crippen LogP contribution in [-0.2, 0) is 19.4 Å². The van der Waals surface area contributed by atoms with Crippen molar-refractivity contribution in [3.8, 4) is 0 Å². The first-order chi connectivity index (χ1) is 16.4. The highest BCUT2D eigenvalue weighted by molar-refractivity contribution is 7.25. The van der Waals surface area contributed by atoms with E-state index in [1.807, 2.05) is 0 Å². The number of alkyl halides is 2. The molecule has 4 unspecified atom stereocenters. The summed E-state index contributed by atoms with van der Waals surface area (Å²) in [6.07, 6.45) is -0.407. The molecule has 2 fully saturated rings. The third-order valence-electron chi connectivity index (χ3n) is 6.72. The predicted molar refractivity (Wildman–Crippen MR) is 133 cm³/mol. The van der Waals surface area contributed by atoms with Crippen LogP contribution < -0.4 is 10.6 Å². The zero-order chi connectivity index (χ0) is 25.9. The summed E-state index contributed by atoms with van der Waals surface area (Å²) < 4.78 is 42.3. The Labute approximate surface area is 221 Å². The number of anilines is 2. The highest BCUT2D eigenvalue weighted by Crippen LogP contribution is 2.62. The van der Waals surface area contributed by atoms with E-state index in [4.69, 9.17) is 52.1 Å². The Morgan fingerprint density at radius 2 is 1.74 bits per heavy atom. The molecule has 2 aliphatic heterocycles. The summed E-state index contributed by atoms with van der Waals surface area (Å²) in [6, 6.07) is 5.88. The second-order valence-electron chi connectivity index (χ2n) is 8.68. The lowest BCUT2D eigenvalue weighted by atomic mass is 9.82. The molecule has 4 atom stereocenters. The first kappa shape index (κ1) is 26.5. The molecule has 0 spiro atoms. The average molecular weight is 583 g/mol. The van der Waals surface area contributed by atoms with E-state index in [0.717, 1.165) is 4.90 Å². The van der Waals surface area contributed by atoms with Crippen LogP contribution in [0.2, 0.25) is 20.1 Å². The molecule has 0 radical (unpaired) electrons. The third-order valence-corrected chi connectivity index (χ3v) is 8.87. The van der Waals surface area contributed by atoms with Crippen LogP contribution in [0.15, 0.2) is 30.3 Å². The standard InChI is InChI=1S/C22H18Cl4F2N3O3P/c1-10-18(20(33)30(9-32)14-3-11(23)2-12(24)4-14)17-7-21(27,28)8-31(17)22(10,35-34)15-5-13(25)6-16(26)19(15)29/h2-6,9-10,17-18H,7-8,29H2,1H3. The minimum Gasteiger partial charge on any atom is -0.397 e. The van der Waals surface area contributed by atoms with Crippen molar-refractivity contribution in [3.05, 3.63) is 56.0 Å². The van der Waals surface area contributed by atoms with Crippen LogP contribution in [0, 0.1) is 11.8 Å². The first-order valence-electron chi connectivity index (χ1n) is 10.3. The number of halogens is 6. The molecule has 2 aromatic carbocycles. The third kappa shape index (κ3) is 4.32. The predicted octanol–water partition coefficient (Wildman–Crippen LogP) is 6.49. The van der Waals surface area contributed by atoms with Crippen molar-refractivity contribution < 1.29 is 22.9 Å². The van der Waals surface area contributed by atoms with Crippen LogP contribution in [0.5, 0.6) is 0 Å². The molecule has 2 N–H and O–H groups in total. The van der Waals surface area contributed by atoms with Gasteiger partial charge in [0.1, 0.15) is 5.28 Å². The van der Waals surface area contributed by atoms with Crippen molar-refractivity contribution in [3.63, 3.8) is 0 Å². The van der Waals surface area contributed by atoms with Gasteiger partial charge in [-0.1, -0.05) is 53.3 Å². The van der Waals surface area contributed by atoms with Gasteiger partial charge in [0.25, 0.3) is 5.92 Å². The number of carbonyl (C=O) groups is 2. The molecule has 13 heteroatoms. The molecule has 6 nitrogen and oxygen atoms in total. The van der Waals surface area contributed by atoms with Crippen LogP contribution in [-0.4, -0.2) is 35.7 Å². The fourth-order valence-corrected chi connectivity index (χ4v) is 7.26. The van der Waals surface area contributed by atoms with Crippen molar-refractivity contribution >= 4 is 78.6 Å². The minimum atomic E-state index is -3.18. The monoisotopic (exact) mass is 581 g/mol. The number of amides is 2. The summed E-state index contributed by atoms with van der Waals surface area (Å²) in [5.41, 5.74) is 6.47. The van der Waals surface area contributed by atoms with Gasteiger partial charge in [0.2, 0.25) is 12.3 Å². The van der Waals surface area contributed by atoms with E-state index < -0.39 is 56.4 Å². The summed E-state index contributed by atoms with van der Waals surface area (Å²) in [6.45, 7) is 0.834. The number of hydrogen-bond acceptors (Lipinski definition) is 5. The second-order valence-corrected chi connectivity index (χ2v) is 11.3. The molecule has 2 amide bonds. The van der Waals surface area contributed by atoms with E-state index in [2.05, 4.69) is 0 Å². The minimum absolute atomic E-state index is 0.0159. The Hall–Kier alpha value is -1.54. The second kappa shape index (κ2) is 9.40. The number of fused-ring (bicyclic) bond motifs is 1. The summed E-state index contributed by atoms with van der Waals surface area (Å²) in [7, 11) is -0.584. The smallest absolute Gasteiger partial charge is 0.262 e. The van der Waals surface area contributed by atoms with Gasteiger partial charge in [-0.3, -0.25) is 24.0 Å². The number of hydrogen-bond donors (Lipinski definition) is 1. The molecule has 2 heterocycles. The van der Waals surface area contributed by atoms with Gasteiger partial charge in [0, 0.05) is 39.0 Å². The van der Waals surface area contributed by atoms with Gasteiger partial charge in [0.15, 0.2) is 8.46 Å². The van der Waals surface area contributed by atoms with Crippen molar-refractivity contribution in [2.45, 2.75) is 30.6 Å². The van der Waals surface area contributed by atoms with E-state index in [1.54, 1.807) is 6.92 Å². The van der Waals surface area contributed by atoms with E-state index in [1.165, 1.54) is 35.2 Å². The Morgan fingerprint density at radius 1 is 1.14 bits per heavy atom. The molecule has 0 aliphatic carbocycles. The van der Waals surface area contributed by atoms with Gasteiger partial charge in [-0.2, -0.15) is 0 Å². The number of nitrogens with two attached hydrogens (primary N) is 1. The van der Waals surface area contributed by atoms with E-state index in [0.29, 0.717) is 0 Å². The number of rotatable bonds is 5. The number of nitrogen functional groups attached to an aromatic ring is 1. The lowest BCUT2D eigenvalue weighted by Gasteiger charge is -2.37. The van der Waals surface area contributed by atoms with E-state index >= 15 is 0 Å². The molecule has 2 saturated heterocycles. The molecular weight excluding hydrogens is 565 g/mol. The highest BCUT2D eigenvalue weighted by atomic mass is 35.5. The summed E-state index contributed by atoms with van der Waals surface area (Å²) in [4.78, 5) is 27.9. The molecule has 0 aromatic heterocycles. The van der Waals surface area contributed by atoms with Crippen molar-refractivity contribution in [1.82, 2.24) is 4.90 Å². The highest BCUT2D eigenvalue weighted by Gasteiger charge is 2.68. The molecule has 0 bridgehead atoms. The van der Waals surface area contributed by atoms with Crippen molar-refractivity contribution in [2.24, 2.45) is 11.8 Å². The molecule has 186 valence electrons. The van der Waals surface area contributed by atoms with E-state index in [-0.39, 0.29) is 43.4 Å². The van der Waals surface area contributed by atoms with Crippen LogP contribution >= 0.6 is 54.9 Å². The van der Waals surface area contributed by atoms with Crippen LogP contribution in [0.25, 0.3) is 0 Å². The molecule has 35 heavy (non-hydrogen) atoms. The fourth-order valence-electron chi connectivity index (χ4n) is 5.32. The molecule has 2 aromatic rings. The quantitative estimate of drug-likeness (QED) is 0.247. The fraction of sp³-hybridized carbons (Fsp3) is 0.364. The number of nitrogens with zero attached hydrogens (tertiary/aromatic N) is 2. The normalized spacial score (nSPS) is 27.7. The maximum Gasteiger partial charge on any atom is 0.262 e. The largest absolute Gasteiger partial charge is 0.397 e. The van der Waals surface area contributed by atoms with Gasteiger partial charge in [-0.05, 0) is 30.3 Å². The lowest BCUT2D eigenvalue weighted by molar-refractivity contribution is -0.126. The molecule has 2 aliphatic rings. The molecule has 4 rings (SSSR count). The zero-order valence-corrected chi connectivity index (χ0v) is 21.9. The summed E-state index contributed by atoms with van der Waals surface area (Å²) in [5, 5.41) is -1.08. The topological polar surface area (TPSA) is 83.7 Å². The molecular formula is C22H18Cl4F2N3O3P. The van der Waals surface area contributed by atoms with E-state index in [9.17, 15) is 22.9 Å². The van der Waals surface area contributed by atoms with Crippen molar-refractivity contribution in [1.29, 1.82) is 0 Å². The van der Waals surface area contributed by atoms with Gasteiger partial charge in [-0.15, -0.1) is 0 Å². The summed E-state index contributed by atoms with van der Waals surface area (Å²) in [5.74, 6) is -5.95. The van der Waals surface area contributed by atoms with Gasteiger partial charge in [-0.25, -0.2) is 8.78 Å². The van der Waals surface area contributed by atoms with Crippen molar-refractivity contribution in [2.75, 3.05) is 17.2 Å². The first-order valence-corrected chi connectivity index (χ1v) is 12.7. The summed E-state index contributed by atoms with van der Waals surface area (Å²) >= 11 is 24.5. The Bertz CT molecular complexity index is 1220. The Kier molecular flexibility index (Phi) is 7.12. The van der Waals surface area contributed by atoms with Crippen LogP contribution in [0.1, 0.15) is 18.9 Å². The zero-order valence-electron chi connectivity index (χ0n) is 18.0. The molecule has 0 saturated carbocycles.